The molecule has 0 amide bonds. The second kappa shape index (κ2) is 32.8. The second-order valence-corrected chi connectivity index (χ2v) is 15.2. The molecule has 0 rings (SSSR count). The van der Waals surface area contributed by atoms with Crippen LogP contribution in [0.5, 0.6) is 0 Å². The Hall–Kier alpha value is -1.11. The maximum absolute atomic E-state index is 14.2. The lowest BCUT2D eigenvalue weighted by Crippen LogP contribution is -2.62. The molecule has 6 heteroatoms. The molecule has 4 atom stereocenters. The molecule has 0 aromatic carbocycles. The molecule has 0 spiro atoms. The first-order valence-corrected chi connectivity index (χ1v) is 21.4. The van der Waals surface area contributed by atoms with Crippen molar-refractivity contribution in [1.82, 2.24) is 0 Å². The van der Waals surface area contributed by atoms with Gasteiger partial charge in [0.15, 0.2) is 17.3 Å². The first-order valence-electron chi connectivity index (χ1n) is 21.4. The number of aliphatic hydroxyl groups is 3. The van der Waals surface area contributed by atoms with E-state index in [1.54, 1.807) is 0 Å². The summed E-state index contributed by atoms with van der Waals surface area (Å²) in [5, 5.41) is 34.3. The molecule has 0 bridgehead atoms. The van der Waals surface area contributed by atoms with Crippen LogP contribution in [0.3, 0.4) is 0 Å². The Kier molecular flexibility index (Phi) is 32.0. The number of aliphatic hydroxyl groups excluding tert-OH is 2. The highest BCUT2D eigenvalue weighted by Crippen LogP contribution is 2.30. The lowest BCUT2D eigenvalue weighted by molar-refractivity contribution is -0.177. The molecule has 0 aromatic heterocycles. The van der Waals surface area contributed by atoms with Crippen LogP contribution in [0.2, 0.25) is 0 Å². The number of carbonyl (C=O) groups is 3. The van der Waals surface area contributed by atoms with Gasteiger partial charge in [0, 0.05) is 18.8 Å². The van der Waals surface area contributed by atoms with Crippen LogP contribution in [0.4, 0.5) is 0 Å². The third kappa shape index (κ3) is 22.4. The van der Waals surface area contributed by atoms with Gasteiger partial charge in [-0.1, -0.05) is 195 Å². The van der Waals surface area contributed by atoms with Gasteiger partial charge in [0.2, 0.25) is 5.60 Å². The normalized spacial score (nSPS) is 14.8. The van der Waals surface area contributed by atoms with Gasteiger partial charge < -0.3 is 15.3 Å². The van der Waals surface area contributed by atoms with E-state index in [1.807, 2.05) is 6.92 Å². The summed E-state index contributed by atoms with van der Waals surface area (Å²) < 4.78 is 0. The quantitative estimate of drug-likeness (QED) is 0.0438. The maximum atomic E-state index is 14.2. The minimum Gasteiger partial charge on any atom is -0.386 e. The average Bonchev–Trinajstić information content (AvgIpc) is 3.10. The summed E-state index contributed by atoms with van der Waals surface area (Å²) in [5.74, 6) is -2.65. The number of rotatable bonds is 38. The van der Waals surface area contributed by atoms with Crippen LogP contribution in [0.25, 0.3) is 0 Å². The van der Waals surface area contributed by atoms with Crippen molar-refractivity contribution in [2.75, 3.05) is 0 Å². The Bertz CT molecular complexity index is 797. The highest BCUT2D eigenvalue weighted by atomic mass is 16.4. The highest BCUT2D eigenvalue weighted by molar-refractivity contribution is 6.12. The van der Waals surface area contributed by atoms with Gasteiger partial charge in [-0.15, -0.1) is 0 Å². The smallest absolute Gasteiger partial charge is 0.210 e. The molecule has 0 saturated heterocycles. The summed E-state index contributed by atoms with van der Waals surface area (Å²) in [7, 11) is 0. The van der Waals surface area contributed by atoms with Crippen molar-refractivity contribution in [3.63, 3.8) is 0 Å². The largest absolute Gasteiger partial charge is 0.386 e. The van der Waals surface area contributed by atoms with Crippen molar-refractivity contribution in [1.29, 1.82) is 0 Å². The fourth-order valence-corrected chi connectivity index (χ4v) is 7.09. The highest BCUT2D eigenvalue weighted by Gasteiger charge is 2.54. The lowest BCUT2D eigenvalue weighted by Gasteiger charge is -2.35. The number of carbonyl (C=O) groups excluding carboxylic acids is 3. The van der Waals surface area contributed by atoms with E-state index in [1.165, 1.54) is 96.3 Å². The van der Waals surface area contributed by atoms with Crippen molar-refractivity contribution in [2.24, 2.45) is 5.92 Å². The molecule has 0 fully saturated rings. The van der Waals surface area contributed by atoms with Crippen molar-refractivity contribution in [3.8, 4) is 0 Å². The molecule has 0 saturated carbocycles. The molecule has 0 radical (unpaired) electrons. The minimum atomic E-state index is -2.77. The Morgan fingerprint density at radius 2 is 0.776 bits per heavy atom. The molecule has 0 heterocycles. The van der Waals surface area contributed by atoms with E-state index in [-0.39, 0.29) is 12.8 Å². The molecule has 6 nitrogen and oxygen atoms in total. The van der Waals surface area contributed by atoms with Crippen LogP contribution >= 0.6 is 0 Å². The van der Waals surface area contributed by atoms with Crippen molar-refractivity contribution in [3.05, 3.63) is 0 Å². The van der Waals surface area contributed by atoms with Crippen molar-refractivity contribution in [2.45, 2.75) is 251 Å². The van der Waals surface area contributed by atoms with Gasteiger partial charge in [0.1, 0.15) is 12.2 Å². The molecular weight excluding hydrogens is 612 g/mol. The predicted molar refractivity (Wildman–Crippen MR) is 206 cm³/mol. The topological polar surface area (TPSA) is 112 Å². The predicted octanol–water partition coefficient (Wildman–Crippen LogP) is 11.3. The third-order valence-electron chi connectivity index (χ3n) is 10.6. The molecule has 4 unspecified atom stereocenters. The summed E-state index contributed by atoms with van der Waals surface area (Å²) in [4.78, 5) is 40.9. The van der Waals surface area contributed by atoms with Gasteiger partial charge in [-0.05, 0) is 25.7 Å². The molecule has 0 aliphatic heterocycles. The molecule has 0 aliphatic rings. The zero-order valence-electron chi connectivity index (χ0n) is 32.9. The van der Waals surface area contributed by atoms with E-state index in [4.69, 9.17) is 0 Å². The van der Waals surface area contributed by atoms with E-state index in [0.717, 1.165) is 70.6 Å². The molecule has 290 valence electrons. The molecule has 49 heavy (non-hydrogen) atoms. The minimum absolute atomic E-state index is 0.0490. The molecule has 0 aromatic rings. The Labute approximate surface area is 303 Å². The van der Waals surface area contributed by atoms with Crippen LogP contribution < -0.4 is 0 Å². The van der Waals surface area contributed by atoms with Gasteiger partial charge >= 0.3 is 0 Å². The summed E-state index contributed by atoms with van der Waals surface area (Å²) in [6, 6.07) is 0. The van der Waals surface area contributed by atoms with Gasteiger partial charge in [-0.25, -0.2) is 0 Å². The fourth-order valence-electron chi connectivity index (χ4n) is 7.09. The molecular formula is C43H82O6. The number of hydrogen-bond acceptors (Lipinski definition) is 6. The Morgan fingerprint density at radius 1 is 0.449 bits per heavy atom. The van der Waals surface area contributed by atoms with Crippen molar-refractivity contribution < 1.29 is 29.7 Å². The lowest BCUT2D eigenvalue weighted by atomic mass is 9.74. The van der Waals surface area contributed by atoms with Crippen molar-refractivity contribution >= 4 is 17.3 Å². The summed E-state index contributed by atoms with van der Waals surface area (Å²) in [6.07, 6.45) is 26.8. The summed E-state index contributed by atoms with van der Waals surface area (Å²) in [5.41, 5.74) is -2.77. The zero-order valence-corrected chi connectivity index (χ0v) is 32.9. The van der Waals surface area contributed by atoms with Gasteiger partial charge in [0.25, 0.3) is 0 Å². The zero-order chi connectivity index (χ0) is 36.6. The summed E-state index contributed by atoms with van der Waals surface area (Å²) >= 11 is 0. The first kappa shape index (κ1) is 47.9. The number of Topliss-reactive ketones (excluding diaryl/α,β-unsaturated/α-hetero) is 3. The first-order chi connectivity index (χ1) is 23.7. The molecule has 0 aliphatic carbocycles. The van der Waals surface area contributed by atoms with Crippen LogP contribution in [0.15, 0.2) is 0 Å². The number of ketones is 3. The van der Waals surface area contributed by atoms with Crippen LogP contribution in [-0.2, 0) is 14.4 Å². The van der Waals surface area contributed by atoms with Gasteiger partial charge in [-0.2, -0.15) is 0 Å². The number of unbranched alkanes of at least 4 members (excludes halogenated alkanes) is 24. The van der Waals surface area contributed by atoms with E-state index < -0.39 is 41.1 Å². The Balaban J connectivity index is 5.45. The van der Waals surface area contributed by atoms with Gasteiger partial charge in [0.05, 0.1) is 0 Å². The average molecular weight is 695 g/mol. The third-order valence-corrected chi connectivity index (χ3v) is 10.6. The van der Waals surface area contributed by atoms with Gasteiger partial charge in [-0.3, -0.25) is 14.4 Å². The Morgan fingerprint density at radius 3 is 1.18 bits per heavy atom. The second-order valence-electron chi connectivity index (χ2n) is 15.2. The van der Waals surface area contributed by atoms with Crippen LogP contribution in [0, 0.1) is 5.92 Å². The SMILES string of the molecule is CCCCCCCCCCCC(=O)C(O)C(O)C(O)(C(=O)CCCCCCCCCCC)C(=O)C(CCCC)CCCCCCCCCC. The van der Waals surface area contributed by atoms with E-state index in [0.29, 0.717) is 25.7 Å². The summed E-state index contributed by atoms with van der Waals surface area (Å²) in [6.45, 7) is 8.66. The van der Waals surface area contributed by atoms with E-state index in [9.17, 15) is 29.7 Å². The monoisotopic (exact) mass is 695 g/mol. The van der Waals surface area contributed by atoms with Crippen LogP contribution in [0.1, 0.15) is 233 Å². The number of hydrogen-bond donors (Lipinski definition) is 3. The maximum Gasteiger partial charge on any atom is 0.210 e. The fraction of sp³-hybridized carbons (Fsp3) is 0.930. The van der Waals surface area contributed by atoms with Crippen LogP contribution in [-0.4, -0.2) is 50.5 Å². The van der Waals surface area contributed by atoms with E-state index >= 15 is 0 Å². The standard InChI is InChI=1S/C43H82O6/c1-5-9-13-16-19-22-25-28-31-35-38(44)40(46)42(48)43(49,39(45)36-32-29-26-23-20-17-14-10-6-2)41(47)37(33-12-8-4)34-30-27-24-21-18-15-11-7-3/h37,40,42,46,48-49H,5-36H2,1-4H3. The molecule has 3 N–H and O–H groups in total. The van der Waals surface area contributed by atoms with E-state index in [2.05, 4.69) is 20.8 Å².